The Morgan fingerprint density at radius 1 is 0.489 bits per heavy atom. The first-order chi connectivity index (χ1) is 23.1. The molecule has 224 valence electrons. The fourth-order valence-electron chi connectivity index (χ4n) is 7.64. The molecule has 1 aromatic heterocycles. The van der Waals surface area contributed by atoms with E-state index in [0.717, 1.165) is 60.2 Å². The summed E-state index contributed by atoms with van der Waals surface area (Å²) in [4.78, 5) is 31.0. The van der Waals surface area contributed by atoms with Crippen LogP contribution in [0, 0.1) is 6.92 Å². The molecule has 9 rings (SSSR count). The van der Waals surface area contributed by atoms with Crippen LogP contribution in [-0.4, -0.2) is 21.3 Å². The SMILES string of the molecule is Cc1c(C2=C(c3ccc4ccc5cccc6ccc3c4c56)C(=O)N(Cc3ccccc3)C2=O)c2ccccc2n1Cc1ccccc1. The summed E-state index contributed by atoms with van der Waals surface area (Å²) in [6.07, 6.45) is 0. The van der Waals surface area contributed by atoms with Gasteiger partial charge in [-0.1, -0.05) is 133 Å². The number of fused-ring (bicyclic) bond motifs is 1. The first-order valence-corrected chi connectivity index (χ1v) is 16.0. The van der Waals surface area contributed by atoms with Gasteiger partial charge in [0, 0.05) is 28.7 Å². The van der Waals surface area contributed by atoms with Gasteiger partial charge in [0.05, 0.1) is 17.7 Å². The zero-order valence-corrected chi connectivity index (χ0v) is 25.9. The van der Waals surface area contributed by atoms with E-state index in [9.17, 15) is 9.59 Å². The van der Waals surface area contributed by atoms with Gasteiger partial charge in [-0.2, -0.15) is 0 Å². The minimum absolute atomic E-state index is 0.207. The van der Waals surface area contributed by atoms with Crippen molar-refractivity contribution in [2.45, 2.75) is 20.0 Å². The van der Waals surface area contributed by atoms with Crippen molar-refractivity contribution in [1.82, 2.24) is 9.47 Å². The number of carbonyl (C=O) groups is 2. The van der Waals surface area contributed by atoms with Gasteiger partial charge >= 0.3 is 0 Å². The van der Waals surface area contributed by atoms with Crippen LogP contribution in [0.25, 0.3) is 54.4 Å². The molecular formula is C43H30N2O2. The Morgan fingerprint density at radius 2 is 1.06 bits per heavy atom. The molecule has 0 saturated carbocycles. The van der Waals surface area contributed by atoms with Crippen molar-refractivity contribution >= 4 is 66.2 Å². The summed E-state index contributed by atoms with van der Waals surface area (Å²) >= 11 is 0. The number of para-hydroxylation sites is 1. The zero-order valence-electron chi connectivity index (χ0n) is 25.9. The smallest absolute Gasteiger partial charge is 0.262 e. The molecule has 7 aromatic carbocycles. The normalized spacial score (nSPS) is 13.8. The molecule has 2 heterocycles. The Balaban J connectivity index is 1.34. The van der Waals surface area contributed by atoms with Gasteiger partial charge in [-0.25, -0.2) is 0 Å². The fourth-order valence-corrected chi connectivity index (χ4v) is 7.64. The third-order valence-corrected chi connectivity index (χ3v) is 9.81. The van der Waals surface area contributed by atoms with Gasteiger partial charge in [-0.05, 0) is 62.0 Å². The second-order valence-corrected chi connectivity index (χ2v) is 12.5. The number of imide groups is 1. The van der Waals surface area contributed by atoms with Crippen LogP contribution in [-0.2, 0) is 22.7 Å². The van der Waals surface area contributed by atoms with Crippen molar-refractivity contribution in [2.24, 2.45) is 0 Å². The lowest BCUT2D eigenvalue weighted by molar-refractivity contribution is -0.136. The number of carbonyl (C=O) groups excluding carboxylic acids is 2. The highest BCUT2D eigenvalue weighted by Gasteiger charge is 2.42. The molecule has 0 bridgehead atoms. The lowest BCUT2D eigenvalue weighted by atomic mass is 9.87. The molecule has 0 saturated heterocycles. The van der Waals surface area contributed by atoms with E-state index in [1.54, 1.807) is 0 Å². The molecule has 2 amide bonds. The Morgan fingerprint density at radius 3 is 1.79 bits per heavy atom. The number of nitrogens with zero attached hydrogens (tertiary/aromatic N) is 2. The molecule has 8 aromatic rings. The van der Waals surface area contributed by atoms with Gasteiger partial charge in [0.25, 0.3) is 11.8 Å². The molecular weight excluding hydrogens is 576 g/mol. The summed E-state index contributed by atoms with van der Waals surface area (Å²) in [7, 11) is 0. The number of hydrogen-bond acceptors (Lipinski definition) is 2. The van der Waals surface area contributed by atoms with Gasteiger partial charge < -0.3 is 4.57 Å². The number of benzene rings is 7. The standard InChI is InChI=1S/C43H30N2O2/c1-27-37(35-17-8-9-18-36(35)44(27)25-28-11-4-2-5-12-28)41-40(42(46)45(43(41)47)26-29-13-6-3-7-14-29)34-24-22-32-20-19-30-15-10-16-31-21-23-33(34)39(32)38(30)31/h2-24H,25-26H2,1H3. The van der Waals surface area contributed by atoms with Crippen LogP contribution in [0.15, 0.2) is 140 Å². The quantitative estimate of drug-likeness (QED) is 0.140. The molecule has 0 radical (unpaired) electrons. The van der Waals surface area contributed by atoms with E-state index >= 15 is 0 Å². The number of hydrogen-bond donors (Lipinski definition) is 0. The second kappa shape index (κ2) is 10.5. The van der Waals surface area contributed by atoms with Gasteiger partial charge in [0.1, 0.15) is 0 Å². The number of amides is 2. The topological polar surface area (TPSA) is 42.3 Å². The van der Waals surface area contributed by atoms with Crippen LogP contribution < -0.4 is 0 Å². The lowest BCUT2D eigenvalue weighted by Gasteiger charge is -2.16. The van der Waals surface area contributed by atoms with Crippen LogP contribution in [0.5, 0.6) is 0 Å². The fraction of sp³-hybridized carbons (Fsp3) is 0.0698. The Labute approximate surface area is 272 Å². The highest BCUT2D eigenvalue weighted by Crippen LogP contribution is 2.45. The second-order valence-electron chi connectivity index (χ2n) is 12.5. The molecule has 1 aliphatic rings. The first-order valence-electron chi connectivity index (χ1n) is 16.0. The molecule has 0 N–H and O–H groups in total. The Bertz CT molecular complexity index is 2540. The van der Waals surface area contributed by atoms with Gasteiger partial charge in [0.2, 0.25) is 0 Å². The zero-order chi connectivity index (χ0) is 31.6. The largest absolute Gasteiger partial charge is 0.340 e. The van der Waals surface area contributed by atoms with Crippen LogP contribution in [0.4, 0.5) is 0 Å². The van der Waals surface area contributed by atoms with Crippen molar-refractivity contribution in [1.29, 1.82) is 0 Å². The van der Waals surface area contributed by atoms with Crippen LogP contribution in [0.3, 0.4) is 0 Å². The monoisotopic (exact) mass is 606 g/mol. The highest BCUT2D eigenvalue weighted by molar-refractivity contribution is 6.51. The maximum absolute atomic E-state index is 14.8. The van der Waals surface area contributed by atoms with E-state index in [1.165, 1.54) is 15.8 Å². The summed E-state index contributed by atoms with van der Waals surface area (Å²) in [6.45, 7) is 2.94. The Kier molecular flexibility index (Phi) is 6.12. The van der Waals surface area contributed by atoms with E-state index in [4.69, 9.17) is 0 Å². The molecule has 4 nitrogen and oxygen atoms in total. The molecule has 1 aliphatic heterocycles. The molecule has 0 spiro atoms. The van der Waals surface area contributed by atoms with Crippen molar-refractivity contribution in [3.8, 4) is 0 Å². The van der Waals surface area contributed by atoms with Crippen molar-refractivity contribution in [3.63, 3.8) is 0 Å². The van der Waals surface area contributed by atoms with E-state index in [2.05, 4.69) is 84.3 Å². The summed E-state index contributed by atoms with van der Waals surface area (Å²) in [5, 5.41) is 7.68. The predicted octanol–water partition coefficient (Wildman–Crippen LogP) is 9.38. The minimum Gasteiger partial charge on any atom is -0.340 e. The maximum atomic E-state index is 14.8. The first kappa shape index (κ1) is 27.3. The third kappa shape index (κ3) is 4.15. The molecule has 47 heavy (non-hydrogen) atoms. The van der Waals surface area contributed by atoms with E-state index in [-0.39, 0.29) is 18.4 Å². The third-order valence-electron chi connectivity index (χ3n) is 9.81. The lowest BCUT2D eigenvalue weighted by Crippen LogP contribution is -2.31. The van der Waals surface area contributed by atoms with Gasteiger partial charge in [-0.15, -0.1) is 0 Å². The maximum Gasteiger partial charge on any atom is 0.262 e. The van der Waals surface area contributed by atoms with Gasteiger partial charge in [-0.3, -0.25) is 14.5 Å². The summed E-state index contributed by atoms with van der Waals surface area (Å²) in [5.41, 5.74) is 6.63. The number of aromatic nitrogens is 1. The van der Waals surface area contributed by atoms with Crippen molar-refractivity contribution in [3.05, 3.63) is 167 Å². The summed E-state index contributed by atoms with van der Waals surface area (Å²) < 4.78 is 2.27. The molecule has 4 heteroatoms. The molecule has 0 aliphatic carbocycles. The van der Waals surface area contributed by atoms with Crippen LogP contribution in [0.1, 0.15) is 27.9 Å². The minimum atomic E-state index is -0.261. The predicted molar refractivity (Wildman–Crippen MR) is 191 cm³/mol. The van der Waals surface area contributed by atoms with Crippen LogP contribution >= 0.6 is 0 Å². The molecule has 0 fully saturated rings. The molecule has 0 atom stereocenters. The van der Waals surface area contributed by atoms with E-state index in [1.807, 2.05) is 66.7 Å². The average Bonchev–Trinajstić information content (AvgIpc) is 3.52. The van der Waals surface area contributed by atoms with Gasteiger partial charge in [0.15, 0.2) is 0 Å². The Hall–Kier alpha value is -6.00. The van der Waals surface area contributed by atoms with Crippen LogP contribution in [0.2, 0.25) is 0 Å². The summed E-state index contributed by atoms with van der Waals surface area (Å²) in [6, 6.07) is 47.4. The molecule has 0 unspecified atom stereocenters. The van der Waals surface area contributed by atoms with E-state index in [0.29, 0.717) is 17.7 Å². The number of rotatable bonds is 6. The average molecular weight is 607 g/mol. The van der Waals surface area contributed by atoms with E-state index < -0.39 is 0 Å². The van der Waals surface area contributed by atoms with Crippen molar-refractivity contribution < 1.29 is 9.59 Å². The highest BCUT2D eigenvalue weighted by atomic mass is 16.2. The summed E-state index contributed by atoms with van der Waals surface area (Å²) in [5.74, 6) is -0.520. The van der Waals surface area contributed by atoms with Crippen molar-refractivity contribution in [2.75, 3.05) is 0 Å².